The van der Waals surface area contributed by atoms with Gasteiger partial charge < -0.3 is 4.90 Å². The van der Waals surface area contributed by atoms with E-state index in [1.807, 2.05) is 47.4 Å². The third-order valence-corrected chi connectivity index (χ3v) is 4.10. The topological polar surface area (TPSA) is 40.6 Å². The number of unbranched alkanes of at least 4 members (excludes halogenated alkanes) is 1. The van der Waals surface area contributed by atoms with Crippen molar-refractivity contribution in [3.05, 3.63) is 42.5 Å². The van der Waals surface area contributed by atoms with Crippen LogP contribution in [-0.4, -0.2) is 36.3 Å². The van der Waals surface area contributed by atoms with Crippen LogP contribution < -0.4 is 4.90 Å². The minimum Gasteiger partial charge on any atom is -0.352 e. The molecule has 1 aliphatic rings. The van der Waals surface area contributed by atoms with Gasteiger partial charge in [-0.15, -0.1) is 0 Å². The maximum Gasteiger partial charge on any atom is 0.248 e. The van der Waals surface area contributed by atoms with Crippen molar-refractivity contribution in [1.29, 1.82) is 0 Å². The largest absolute Gasteiger partial charge is 0.352 e. The predicted molar refractivity (Wildman–Crippen MR) is 87.8 cm³/mol. The number of nitrogens with zero attached hydrogens (tertiary/aromatic N) is 2. The Hall–Kier alpha value is -2.36. The number of benzene rings is 2. The maximum absolute atomic E-state index is 12.3. The minimum absolute atomic E-state index is 0.0994. The van der Waals surface area contributed by atoms with Crippen LogP contribution in [0.25, 0.3) is 10.8 Å². The highest BCUT2D eigenvalue weighted by molar-refractivity contribution is 6.05. The molecule has 0 saturated carbocycles. The zero-order valence-corrected chi connectivity index (χ0v) is 12.8. The van der Waals surface area contributed by atoms with Crippen molar-refractivity contribution in [2.24, 2.45) is 0 Å². The lowest BCUT2D eigenvalue weighted by molar-refractivity contribution is -0.145. The normalized spacial score (nSPS) is 15.7. The molecule has 0 aromatic heterocycles. The van der Waals surface area contributed by atoms with Gasteiger partial charge in [0.15, 0.2) is 0 Å². The molecule has 0 aliphatic carbocycles. The molecule has 1 aliphatic heterocycles. The van der Waals surface area contributed by atoms with E-state index in [9.17, 15) is 9.59 Å². The molecule has 2 aromatic carbocycles. The Labute approximate surface area is 130 Å². The van der Waals surface area contributed by atoms with Crippen molar-refractivity contribution in [1.82, 2.24) is 4.90 Å². The Bertz CT molecular complexity index is 688. The van der Waals surface area contributed by atoms with Gasteiger partial charge in [0.25, 0.3) is 0 Å². The minimum atomic E-state index is -0.0994. The number of amides is 2. The van der Waals surface area contributed by atoms with E-state index in [-0.39, 0.29) is 24.9 Å². The van der Waals surface area contributed by atoms with E-state index in [4.69, 9.17) is 0 Å². The first-order chi connectivity index (χ1) is 10.7. The van der Waals surface area contributed by atoms with Crippen LogP contribution in [0.5, 0.6) is 0 Å². The molecule has 0 N–H and O–H groups in total. The van der Waals surface area contributed by atoms with E-state index in [1.54, 1.807) is 0 Å². The van der Waals surface area contributed by atoms with Gasteiger partial charge in [0.2, 0.25) is 11.8 Å². The van der Waals surface area contributed by atoms with Crippen LogP contribution in [-0.2, 0) is 9.59 Å². The molecule has 1 fully saturated rings. The third kappa shape index (κ3) is 2.69. The van der Waals surface area contributed by atoms with E-state index in [0.717, 1.165) is 29.3 Å². The summed E-state index contributed by atoms with van der Waals surface area (Å²) in [4.78, 5) is 27.9. The summed E-state index contributed by atoms with van der Waals surface area (Å²) in [6.07, 6.45) is 1.84. The molecule has 2 amide bonds. The highest BCUT2D eigenvalue weighted by Crippen LogP contribution is 2.27. The number of fused-ring (bicyclic) bond motifs is 1. The summed E-state index contributed by atoms with van der Waals surface area (Å²) in [5.41, 5.74) is 0.954. The van der Waals surface area contributed by atoms with Crippen molar-refractivity contribution in [2.45, 2.75) is 19.8 Å². The lowest BCUT2D eigenvalue weighted by Gasteiger charge is -2.34. The zero-order chi connectivity index (χ0) is 15.5. The second-order valence-electron chi connectivity index (χ2n) is 5.65. The molecule has 114 valence electrons. The number of rotatable bonds is 4. The Balaban J connectivity index is 1.87. The summed E-state index contributed by atoms with van der Waals surface area (Å²) in [7, 11) is 0. The molecule has 2 aromatic rings. The average molecular weight is 296 g/mol. The van der Waals surface area contributed by atoms with Crippen LogP contribution in [0.2, 0.25) is 0 Å². The van der Waals surface area contributed by atoms with E-state index in [0.29, 0.717) is 6.54 Å². The van der Waals surface area contributed by atoms with Gasteiger partial charge in [-0.2, -0.15) is 0 Å². The molecule has 1 saturated heterocycles. The number of carbonyl (C=O) groups is 2. The predicted octanol–water partition coefficient (Wildman–Crippen LogP) is 2.82. The molecule has 4 heteroatoms. The van der Waals surface area contributed by atoms with Crippen LogP contribution in [0.15, 0.2) is 42.5 Å². The first-order valence-corrected chi connectivity index (χ1v) is 7.76. The Morgan fingerprint density at radius 3 is 2.36 bits per heavy atom. The summed E-state index contributed by atoms with van der Waals surface area (Å²) in [5, 5.41) is 2.20. The SMILES string of the molecule is CCCCN1C(=O)CN(c2cccc3ccccc23)CC1=O. The fourth-order valence-corrected chi connectivity index (χ4v) is 2.91. The first-order valence-electron chi connectivity index (χ1n) is 7.76. The fraction of sp³-hybridized carbons (Fsp3) is 0.333. The van der Waals surface area contributed by atoms with Crippen molar-refractivity contribution in [2.75, 3.05) is 24.5 Å². The summed E-state index contributed by atoms with van der Waals surface area (Å²) < 4.78 is 0. The van der Waals surface area contributed by atoms with Gasteiger partial charge in [0.1, 0.15) is 0 Å². The number of piperazine rings is 1. The van der Waals surface area contributed by atoms with E-state index in [2.05, 4.69) is 6.92 Å². The molecule has 0 unspecified atom stereocenters. The molecule has 22 heavy (non-hydrogen) atoms. The van der Waals surface area contributed by atoms with Crippen LogP contribution in [0, 0.1) is 0 Å². The number of hydrogen-bond donors (Lipinski definition) is 0. The molecular weight excluding hydrogens is 276 g/mol. The molecule has 4 nitrogen and oxygen atoms in total. The maximum atomic E-state index is 12.3. The van der Waals surface area contributed by atoms with Gasteiger partial charge in [-0.05, 0) is 17.9 Å². The summed E-state index contributed by atoms with van der Waals surface area (Å²) in [5.74, 6) is -0.199. The van der Waals surface area contributed by atoms with Crippen LogP contribution in [0.3, 0.4) is 0 Å². The van der Waals surface area contributed by atoms with Crippen LogP contribution >= 0.6 is 0 Å². The van der Waals surface area contributed by atoms with Gasteiger partial charge in [0, 0.05) is 17.6 Å². The number of anilines is 1. The lowest BCUT2D eigenvalue weighted by atomic mass is 10.1. The first kappa shape index (κ1) is 14.6. The second-order valence-corrected chi connectivity index (χ2v) is 5.65. The second kappa shape index (κ2) is 6.18. The van der Waals surface area contributed by atoms with Gasteiger partial charge in [-0.25, -0.2) is 0 Å². The highest BCUT2D eigenvalue weighted by atomic mass is 16.2. The number of hydrogen-bond acceptors (Lipinski definition) is 3. The van der Waals surface area contributed by atoms with E-state index >= 15 is 0 Å². The average Bonchev–Trinajstić information content (AvgIpc) is 2.53. The van der Waals surface area contributed by atoms with Crippen molar-refractivity contribution >= 4 is 28.3 Å². The highest BCUT2D eigenvalue weighted by Gasteiger charge is 2.31. The van der Waals surface area contributed by atoms with Gasteiger partial charge >= 0.3 is 0 Å². The monoisotopic (exact) mass is 296 g/mol. The molecule has 0 spiro atoms. The molecular formula is C18H20N2O2. The van der Waals surface area contributed by atoms with Gasteiger partial charge in [-0.1, -0.05) is 49.7 Å². The lowest BCUT2D eigenvalue weighted by Crippen LogP contribution is -2.54. The Morgan fingerprint density at radius 2 is 1.64 bits per heavy atom. The molecule has 1 heterocycles. The van der Waals surface area contributed by atoms with Crippen molar-refractivity contribution < 1.29 is 9.59 Å². The van der Waals surface area contributed by atoms with Crippen LogP contribution in [0.4, 0.5) is 5.69 Å². The summed E-state index contributed by atoms with van der Waals surface area (Å²) in [6.45, 7) is 3.13. The van der Waals surface area contributed by atoms with E-state index in [1.165, 1.54) is 4.90 Å². The number of imide groups is 1. The van der Waals surface area contributed by atoms with Crippen molar-refractivity contribution in [3.63, 3.8) is 0 Å². The molecule has 0 atom stereocenters. The number of carbonyl (C=O) groups excluding carboxylic acids is 2. The molecule has 0 bridgehead atoms. The molecule has 3 rings (SSSR count). The Kier molecular flexibility index (Phi) is 4.09. The quantitative estimate of drug-likeness (QED) is 0.815. The third-order valence-electron chi connectivity index (χ3n) is 4.10. The van der Waals surface area contributed by atoms with Gasteiger partial charge in [-0.3, -0.25) is 14.5 Å². The Morgan fingerprint density at radius 1 is 0.955 bits per heavy atom. The fourth-order valence-electron chi connectivity index (χ4n) is 2.91. The van der Waals surface area contributed by atoms with Crippen LogP contribution in [0.1, 0.15) is 19.8 Å². The standard InChI is InChI=1S/C18H20N2O2/c1-2-3-11-20-17(21)12-19(13-18(20)22)16-10-6-8-14-7-4-5-9-15(14)16/h4-10H,2-3,11-13H2,1H3. The molecule has 0 radical (unpaired) electrons. The van der Waals surface area contributed by atoms with Gasteiger partial charge in [0.05, 0.1) is 13.1 Å². The van der Waals surface area contributed by atoms with Crippen molar-refractivity contribution in [3.8, 4) is 0 Å². The zero-order valence-electron chi connectivity index (χ0n) is 12.8. The van der Waals surface area contributed by atoms with E-state index < -0.39 is 0 Å². The summed E-state index contributed by atoms with van der Waals surface area (Å²) >= 11 is 0. The summed E-state index contributed by atoms with van der Waals surface area (Å²) in [6, 6.07) is 14.0. The smallest absolute Gasteiger partial charge is 0.248 e.